The van der Waals surface area contributed by atoms with Crippen LogP contribution < -0.4 is 11.1 Å². The van der Waals surface area contributed by atoms with E-state index in [1.54, 1.807) is 62.7 Å². The summed E-state index contributed by atoms with van der Waals surface area (Å²) >= 11 is 1.64. The van der Waals surface area contributed by atoms with Crippen molar-refractivity contribution in [2.45, 2.75) is 37.1 Å². The zero-order chi connectivity index (χ0) is 21.8. The molecule has 0 radical (unpaired) electrons. The number of hydrogen-bond acceptors (Lipinski definition) is 6. The fourth-order valence-electron chi connectivity index (χ4n) is 2.63. The summed E-state index contributed by atoms with van der Waals surface area (Å²) in [5.74, 6) is 1.89. The molecule has 29 heavy (non-hydrogen) atoms. The van der Waals surface area contributed by atoms with Gasteiger partial charge in [-0.15, -0.1) is 6.42 Å². The topological polar surface area (TPSA) is 108 Å². The van der Waals surface area contributed by atoms with Gasteiger partial charge >= 0.3 is 0 Å². The van der Waals surface area contributed by atoms with Gasteiger partial charge in [-0.05, 0) is 43.4 Å². The molecule has 0 bridgehead atoms. The molecule has 0 fully saturated rings. The number of halogens is 2. The summed E-state index contributed by atoms with van der Waals surface area (Å²) in [7, 11) is 1.68. The van der Waals surface area contributed by atoms with Gasteiger partial charge in [0.15, 0.2) is 15.7 Å². The summed E-state index contributed by atoms with van der Waals surface area (Å²) in [5.41, 5.74) is 6.28. The summed E-state index contributed by atoms with van der Waals surface area (Å²) in [6, 6.07) is 0. The summed E-state index contributed by atoms with van der Waals surface area (Å²) in [4.78, 5) is 21.1. The number of nitrogens with one attached hydrogen (secondary N) is 1. The minimum Gasteiger partial charge on any atom is -0.477 e. The predicted octanol–water partition coefficient (Wildman–Crippen LogP) is 2.83. The van der Waals surface area contributed by atoms with E-state index in [0.717, 1.165) is 0 Å². The van der Waals surface area contributed by atoms with Crippen molar-refractivity contribution in [2.24, 2.45) is 7.05 Å². The Morgan fingerprint density at radius 2 is 2.28 bits per heavy atom. The number of carbonyl (C=O) groups excluding carboxylic acids is 1. The van der Waals surface area contributed by atoms with Crippen molar-refractivity contribution in [1.82, 2.24) is 25.1 Å². The van der Waals surface area contributed by atoms with E-state index in [0.29, 0.717) is 22.6 Å². The number of amides is 1. The van der Waals surface area contributed by atoms with Gasteiger partial charge in [0, 0.05) is 18.8 Å². The van der Waals surface area contributed by atoms with Crippen LogP contribution in [0.5, 0.6) is 0 Å². The molecule has 0 spiro atoms. The predicted molar refractivity (Wildman–Crippen MR) is 116 cm³/mol. The SMILES string of the molecule is C#CC(C)(O/C=C\C)c1nc(N)c(C(=O)NCc2nn(C)cc2C(F)I)nc1C. The number of rotatable bonds is 7. The number of carbonyl (C=O) groups is 1. The summed E-state index contributed by atoms with van der Waals surface area (Å²) in [6.07, 6.45) is 10.3. The Balaban J connectivity index is 2.27. The third-order valence-corrected chi connectivity index (χ3v) is 4.74. The lowest BCUT2D eigenvalue weighted by Gasteiger charge is -2.24. The molecule has 0 aromatic carbocycles. The Bertz CT molecular complexity index is 982. The first-order valence-electron chi connectivity index (χ1n) is 8.63. The van der Waals surface area contributed by atoms with E-state index < -0.39 is 15.7 Å². The first-order valence-corrected chi connectivity index (χ1v) is 9.87. The minimum absolute atomic E-state index is 0.0207. The van der Waals surface area contributed by atoms with Crippen molar-refractivity contribution in [1.29, 1.82) is 0 Å². The van der Waals surface area contributed by atoms with E-state index in [1.165, 1.54) is 10.9 Å². The van der Waals surface area contributed by atoms with Crippen LogP contribution >= 0.6 is 22.6 Å². The van der Waals surface area contributed by atoms with E-state index >= 15 is 0 Å². The number of alkyl halides is 2. The zero-order valence-corrected chi connectivity index (χ0v) is 18.7. The maximum absolute atomic E-state index is 13.7. The van der Waals surface area contributed by atoms with E-state index in [9.17, 15) is 9.18 Å². The normalized spacial score (nSPS) is 14.2. The first-order chi connectivity index (χ1) is 13.6. The number of nitrogens with two attached hydrogens (primary N) is 1. The highest BCUT2D eigenvalue weighted by Crippen LogP contribution is 2.28. The van der Waals surface area contributed by atoms with Crippen molar-refractivity contribution in [3.63, 3.8) is 0 Å². The number of hydrogen-bond donors (Lipinski definition) is 2. The van der Waals surface area contributed by atoms with Gasteiger partial charge < -0.3 is 15.8 Å². The molecule has 2 aromatic heterocycles. The van der Waals surface area contributed by atoms with Crippen molar-refractivity contribution in [3.05, 3.63) is 46.9 Å². The number of aryl methyl sites for hydroxylation is 2. The molecular formula is C19H22FIN6O2. The summed E-state index contributed by atoms with van der Waals surface area (Å²) in [5, 5.41) is 6.82. The Kier molecular flexibility index (Phi) is 7.18. The van der Waals surface area contributed by atoms with Crippen LogP contribution in [0.1, 0.15) is 51.2 Å². The number of anilines is 1. The van der Waals surface area contributed by atoms with Gasteiger partial charge in [-0.25, -0.2) is 14.4 Å². The van der Waals surface area contributed by atoms with Crippen molar-refractivity contribution in [3.8, 4) is 12.3 Å². The fraction of sp³-hybridized carbons (Fsp3) is 0.368. The van der Waals surface area contributed by atoms with Crippen LogP contribution in [-0.4, -0.2) is 25.7 Å². The second kappa shape index (κ2) is 9.21. The Hall–Kier alpha value is -2.68. The maximum Gasteiger partial charge on any atom is 0.274 e. The fourth-order valence-corrected chi connectivity index (χ4v) is 3.15. The number of aromatic nitrogens is 4. The van der Waals surface area contributed by atoms with Gasteiger partial charge in [0.05, 0.1) is 24.2 Å². The van der Waals surface area contributed by atoms with Crippen molar-refractivity contribution >= 4 is 34.3 Å². The van der Waals surface area contributed by atoms with Crippen LogP contribution in [0.3, 0.4) is 0 Å². The van der Waals surface area contributed by atoms with E-state index in [1.807, 2.05) is 0 Å². The molecule has 8 nitrogen and oxygen atoms in total. The van der Waals surface area contributed by atoms with Crippen LogP contribution in [0.4, 0.5) is 10.2 Å². The number of terminal acetylenes is 1. The molecule has 1 amide bonds. The van der Waals surface area contributed by atoms with Crippen LogP contribution in [0.25, 0.3) is 0 Å². The van der Waals surface area contributed by atoms with Crippen LogP contribution in [0, 0.1) is 19.3 Å². The molecule has 0 aliphatic heterocycles. The molecule has 2 aromatic rings. The molecule has 154 valence electrons. The molecule has 2 heterocycles. The smallest absolute Gasteiger partial charge is 0.274 e. The third-order valence-electron chi connectivity index (χ3n) is 4.07. The van der Waals surface area contributed by atoms with E-state index in [4.69, 9.17) is 16.9 Å². The van der Waals surface area contributed by atoms with Gasteiger partial charge in [-0.3, -0.25) is 9.48 Å². The lowest BCUT2D eigenvalue weighted by molar-refractivity contribution is 0.0882. The first kappa shape index (κ1) is 22.6. The molecule has 2 atom stereocenters. The van der Waals surface area contributed by atoms with Crippen molar-refractivity contribution in [2.75, 3.05) is 5.73 Å². The number of allylic oxidation sites excluding steroid dienone is 1. The quantitative estimate of drug-likeness (QED) is 0.256. The molecule has 2 unspecified atom stereocenters. The van der Waals surface area contributed by atoms with Gasteiger partial charge in [0.1, 0.15) is 5.69 Å². The lowest BCUT2D eigenvalue weighted by Crippen LogP contribution is -2.30. The van der Waals surface area contributed by atoms with Crippen LogP contribution in [-0.2, 0) is 23.9 Å². The average Bonchev–Trinajstić information content (AvgIpc) is 3.06. The Morgan fingerprint density at radius 1 is 1.59 bits per heavy atom. The molecular weight excluding hydrogens is 490 g/mol. The molecule has 3 N–H and O–H groups in total. The number of nitrogen functional groups attached to an aromatic ring is 1. The van der Waals surface area contributed by atoms with Crippen molar-refractivity contribution < 1.29 is 13.9 Å². The van der Waals surface area contributed by atoms with Gasteiger partial charge in [0.25, 0.3) is 5.91 Å². The van der Waals surface area contributed by atoms with Gasteiger partial charge in [-0.2, -0.15) is 5.10 Å². The highest BCUT2D eigenvalue weighted by atomic mass is 127. The van der Waals surface area contributed by atoms with Gasteiger partial charge in [-0.1, -0.05) is 12.0 Å². The largest absolute Gasteiger partial charge is 0.477 e. The number of ether oxygens (including phenoxy) is 1. The molecule has 0 aliphatic rings. The average molecular weight is 512 g/mol. The summed E-state index contributed by atoms with van der Waals surface area (Å²) < 4.78 is 19.5. The molecule has 2 rings (SSSR count). The van der Waals surface area contributed by atoms with E-state index in [2.05, 4.69) is 26.3 Å². The van der Waals surface area contributed by atoms with E-state index in [-0.39, 0.29) is 18.1 Å². The Labute approximate surface area is 182 Å². The van der Waals surface area contributed by atoms with Crippen LogP contribution in [0.15, 0.2) is 18.5 Å². The second-order valence-corrected chi connectivity index (χ2v) is 7.44. The highest BCUT2D eigenvalue weighted by Gasteiger charge is 2.31. The molecule has 0 aliphatic carbocycles. The zero-order valence-electron chi connectivity index (χ0n) is 16.5. The molecule has 0 saturated carbocycles. The maximum atomic E-state index is 13.7. The molecule has 0 saturated heterocycles. The minimum atomic E-state index is -1.24. The van der Waals surface area contributed by atoms with Crippen LogP contribution in [0.2, 0.25) is 0 Å². The Morgan fingerprint density at radius 3 is 2.86 bits per heavy atom. The monoisotopic (exact) mass is 512 g/mol. The standard InChI is InChI=1S/C19H22FIN6O2/c1-6-8-29-19(4,7-2)15-11(3)24-14(17(22)25-15)18(28)23-9-13-12(16(20)21)10-27(5)26-13/h2,6,8,10,16H,9H2,1,3-5H3,(H2,22,25)(H,23,28)/b8-6-. The highest BCUT2D eigenvalue weighted by molar-refractivity contribution is 14.1. The van der Waals surface area contributed by atoms with Gasteiger partial charge in [0.2, 0.25) is 5.60 Å². The third kappa shape index (κ3) is 5.03. The number of nitrogens with zero attached hydrogens (tertiary/aromatic N) is 4. The lowest BCUT2D eigenvalue weighted by atomic mass is 10.0. The second-order valence-electron chi connectivity index (χ2n) is 6.34. The summed E-state index contributed by atoms with van der Waals surface area (Å²) in [6.45, 7) is 5.12. The molecule has 10 heteroatoms.